The van der Waals surface area contributed by atoms with Crippen LogP contribution in [0.2, 0.25) is 6.32 Å². The minimum absolute atomic E-state index is 0.0473. The molecule has 3 nitrogen and oxygen atoms in total. The average molecular weight is 164 g/mol. The summed E-state index contributed by atoms with van der Waals surface area (Å²) in [6, 6.07) is 0. The monoisotopic (exact) mass is 164 g/mol. The Hall–Kier alpha value is -1.06. The van der Waals surface area contributed by atoms with Crippen LogP contribution in [-0.2, 0) is 7.05 Å². The molecule has 1 heterocycles. The van der Waals surface area contributed by atoms with Gasteiger partial charge < -0.3 is 0 Å². The van der Waals surface area contributed by atoms with Crippen LogP contribution in [0.15, 0.2) is 12.4 Å². The maximum atomic E-state index is 10.8. The van der Waals surface area contributed by atoms with Crippen LogP contribution in [0.5, 0.6) is 0 Å². The number of carbonyl (C=O) groups excluding carboxylic acids is 1. The molecule has 0 bridgehead atoms. The highest BCUT2D eigenvalue weighted by molar-refractivity contribution is 6.23. The molecule has 0 saturated heterocycles. The summed E-state index contributed by atoms with van der Waals surface area (Å²) in [7, 11) is 6.88. The van der Waals surface area contributed by atoms with Crippen molar-refractivity contribution >= 4 is 13.6 Å². The molecule has 12 heavy (non-hydrogen) atoms. The lowest BCUT2D eigenvalue weighted by Crippen LogP contribution is -1.94. The smallest absolute Gasteiger partial charge is 0.157 e. The van der Waals surface area contributed by atoms with Gasteiger partial charge in [-0.25, -0.2) is 0 Å². The van der Waals surface area contributed by atoms with E-state index < -0.39 is 0 Å². The zero-order valence-electron chi connectivity index (χ0n) is 7.74. The standard InChI is InChI=1S/C6H7BN2O.C2H6/c1-9-4-5(3-8-9)6(10)2-7;1-2/h3-4H,2H2,1H3;1-2H3. The first kappa shape index (κ1) is 10.9. The summed E-state index contributed by atoms with van der Waals surface area (Å²) in [6.45, 7) is 4.00. The Morgan fingerprint density at radius 2 is 2.25 bits per heavy atom. The SMILES string of the molecule is CC.[B]CC(=O)c1cnn(C)c1. The molecule has 0 amide bonds. The maximum absolute atomic E-state index is 10.8. The molecule has 0 atom stereocenters. The normalized spacial score (nSPS) is 8.58. The van der Waals surface area contributed by atoms with E-state index in [9.17, 15) is 4.79 Å². The van der Waals surface area contributed by atoms with Gasteiger partial charge in [-0.2, -0.15) is 5.10 Å². The average Bonchev–Trinajstić information content (AvgIpc) is 2.54. The first-order valence-corrected chi connectivity index (χ1v) is 3.96. The number of rotatable bonds is 2. The molecule has 0 aliphatic rings. The van der Waals surface area contributed by atoms with Crippen LogP contribution in [0.1, 0.15) is 24.2 Å². The molecule has 1 rings (SSSR count). The molecular weight excluding hydrogens is 151 g/mol. The molecule has 4 heteroatoms. The molecule has 2 radical (unpaired) electrons. The van der Waals surface area contributed by atoms with Crippen molar-refractivity contribution in [1.82, 2.24) is 9.78 Å². The van der Waals surface area contributed by atoms with E-state index in [0.717, 1.165) is 0 Å². The minimum atomic E-state index is -0.0758. The van der Waals surface area contributed by atoms with Crippen molar-refractivity contribution < 1.29 is 4.79 Å². The second-order valence-corrected chi connectivity index (χ2v) is 2.03. The van der Waals surface area contributed by atoms with Crippen LogP contribution in [0.3, 0.4) is 0 Å². The third kappa shape index (κ3) is 2.90. The fourth-order valence-corrected chi connectivity index (χ4v) is 0.683. The summed E-state index contributed by atoms with van der Waals surface area (Å²) in [5, 5.41) is 3.83. The van der Waals surface area contributed by atoms with Gasteiger partial charge in [0.15, 0.2) is 5.78 Å². The van der Waals surface area contributed by atoms with Crippen molar-refractivity contribution in [3.8, 4) is 0 Å². The highest BCUT2D eigenvalue weighted by atomic mass is 16.1. The number of Topliss-reactive ketones (excluding diaryl/α,β-unsaturated/α-hetero) is 1. The molecule has 0 aliphatic heterocycles. The van der Waals surface area contributed by atoms with E-state index in [1.807, 2.05) is 13.8 Å². The van der Waals surface area contributed by atoms with Gasteiger partial charge in [0.1, 0.15) is 0 Å². The van der Waals surface area contributed by atoms with Crippen LogP contribution in [0.4, 0.5) is 0 Å². The molecule has 0 saturated carbocycles. The molecule has 0 unspecified atom stereocenters. The minimum Gasteiger partial charge on any atom is -0.295 e. The van der Waals surface area contributed by atoms with Gasteiger partial charge in [-0.05, 0) is 6.32 Å². The maximum Gasteiger partial charge on any atom is 0.157 e. The summed E-state index contributed by atoms with van der Waals surface area (Å²) in [5.41, 5.74) is 0.574. The Kier molecular flexibility index (Phi) is 5.09. The van der Waals surface area contributed by atoms with E-state index in [0.29, 0.717) is 5.56 Å². The predicted molar refractivity (Wildman–Crippen MR) is 49.4 cm³/mol. The lowest BCUT2D eigenvalue weighted by molar-refractivity contribution is 0.101. The Balaban J connectivity index is 0.000000561. The Bertz CT molecular complexity index is 245. The van der Waals surface area contributed by atoms with E-state index in [-0.39, 0.29) is 12.1 Å². The number of carbonyl (C=O) groups is 1. The molecule has 0 fully saturated rings. The van der Waals surface area contributed by atoms with E-state index in [4.69, 9.17) is 7.85 Å². The predicted octanol–water partition coefficient (Wildman–Crippen LogP) is 1.22. The molecule has 0 spiro atoms. The molecule has 1 aromatic rings. The summed E-state index contributed by atoms with van der Waals surface area (Å²) in [6.07, 6.45) is 3.20. The molecule has 1 aromatic heterocycles. The largest absolute Gasteiger partial charge is 0.295 e. The number of hydrogen-bond donors (Lipinski definition) is 0. The second kappa shape index (κ2) is 5.58. The number of aryl methyl sites for hydroxylation is 1. The van der Waals surface area contributed by atoms with Crippen molar-refractivity contribution in [3.05, 3.63) is 18.0 Å². The third-order valence-electron chi connectivity index (χ3n) is 1.21. The highest BCUT2D eigenvalue weighted by Crippen LogP contribution is 1.99. The fraction of sp³-hybridized carbons (Fsp3) is 0.500. The van der Waals surface area contributed by atoms with Gasteiger partial charge in [0.2, 0.25) is 0 Å². The van der Waals surface area contributed by atoms with Gasteiger partial charge in [-0.1, -0.05) is 13.8 Å². The van der Waals surface area contributed by atoms with E-state index in [1.165, 1.54) is 6.20 Å². The van der Waals surface area contributed by atoms with Crippen LogP contribution in [-0.4, -0.2) is 23.4 Å². The van der Waals surface area contributed by atoms with Gasteiger partial charge in [0.05, 0.1) is 19.6 Å². The summed E-state index contributed by atoms with van der Waals surface area (Å²) < 4.78 is 1.57. The zero-order valence-corrected chi connectivity index (χ0v) is 7.74. The highest BCUT2D eigenvalue weighted by Gasteiger charge is 2.02. The summed E-state index contributed by atoms with van der Waals surface area (Å²) in [4.78, 5) is 10.8. The van der Waals surface area contributed by atoms with Gasteiger partial charge in [0.25, 0.3) is 0 Å². The first-order valence-electron chi connectivity index (χ1n) is 3.96. The Labute approximate surface area is 74.2 Å². The Morgan fingerprint density at radius 3 is 2.58 bits per heavy atom. The van der Waals surface area contributed by atoms with Gasteiger partial charge in [-0.3, -0.25) is 9.48 Å². The first-order chi connectivity index (χ1) is 5.74. The van der Waals surface area contributed by atoms with Gasteiger partial charge in [-0.15, -0.1) is 0 Å². The molecule has 64 valence electrons. The second-order valence-electron chi connectivity index (χ2n) is 2.03. The van der Waals surface area contributed by atoms with Crippen LogP contribution < -0.4 is 0 Å². The topological polar surface area (TPSA) is 34.9 Å². The van der Waals surface area contributed by atoms with E-state index in [2.05, 4.69) is 5.10 Å². The van der Waals surface area contributed by atoms with Crippen molar-refractivity contribution in [2.45, 2.75) is 20.2 Å². The lowest BCUT2D eigenvalue weighted by atomic mass is 9.98. The van der Waals surface area contributed by atoms with Gasteiger partial charge in [0, 0.05) is 13.2 Å². The third-order valence-corrected chi connectivity index (χ3v) is 1.21. The van der Waals surface area contributed by atoms with Crippen LogP contribution >= 0.6 is 0 Å². The van der Waals surface area contributed by atoms with Crippen LogP contribution in [0, 0.1) is 0 Å². The van der Waals surface area contributed by atoms with Crippen molar-refractivity contribution in [1.29, 1.82) is 0 Å². The van der Waals surface area contributed by atoms with Crippen molar-refractivity contribution in [2.75, 3.05) is 0 Å². The zero-order chi connectivity index (χ0) is 9.56. The molecular formula is C8H13BN2O. The van der Waals surface area contributed by atoms with E-state index >= 15 is 0 Å². The van der Waals surface area contributed by atoms with Crippen LogP contribution in [0.25, 0.3) is 0 Å². The van der Waals surface area contributed by atoms with E-state index in [1.54, 1.807) is 17.9 Å². The number of aromatic nitrogens is 2. The number of hydrogen-bond acceptors (Lipinski definition) is 2. The summed E-state index contributed by atoms with van der Waals surface area (Å²) >= 11 is 0. The molecule has 0 N–H and O–H groups in total. The fourth-order valence-electron chi connectivity index (χ4n) is 0.683. The van der Waals surface area contributed by atoms with Crippen molar-refractivity contribution in [2.24, 2.45) is 7.05 Å². The Morgan fingerprint density at radius 1 is 1.67 bits per heavy atom. The molecule has 0 aromatic carbocycles. The van der Waals surface area contributed by atoms with Crippen molar-refractivity contribution in [3.63, 3.8) is 0 Å². The summed E-state index contributed by atoms with van der Waals surface area (Å²) in [5.74, 6) is -0.0758. The quantitative estimate of drug-likeness (QED) is 0.486. The number of nitrogens with zero attached hydrogens (tertiary/aromatic N) is 2. The number of ketones is 1. The lowest BCUT2D eigenvalue weighted by Gasteiger charge is -1.87. The molecule has 0 aliphatic carbocycles. The van der Waals surface area contributed by atoms with Gasteiger partial charge >= 0.3 is 0 Å².